The van der Waals surface area contributed by atoms with Gasteiger partial charge in [-0.15, -0.1) is 11.3 Å². The Kier molecular flexibility index (Phi) is 3.73. The lowest BCUT2D eigenvalue weighted by Gasteiger charge is -2.22. The number of methoxy groups -OCH3 is 1. The number of anilines is 1. The predicted octanol–water partition coefficient (Wildman–Crippen LogP) is 2.57. The number of aromatic nitrogens is 3. The van der Waals surface area contributed by atoms with Crippen molar-refractivity contribution < 1.29 is 14.1 Å². The maximum absolute atomic E-state index is 11.0. The first-order chi connectivity index (χ1) is 10.1. The minimum absolute atomic E-state index is 0.161. The van der Waals surface area contributed by atoms with Crippen LogP contribution in [-0.4, -0.2) is 28.1 Å². The van der Waals surface area contributed by atoms with Crippen LogP contribution in [0.3, 0.4) is 0 Å². The summed E-state index contributed by atoms with van der Waals surface area (Å²) in [6.45, 7) is 1.44. The molecular formula is C13H16N4O3S. The summed E-state index contributed by atoms with van der Waals surface area (Å²) in [6.07, 6.45) is 4.00. The molecule has 3 rings (SSSR count). The summed E-state index contributed by atoms with van der Waals surface area (Å²) in [5, 5.41) is 8.97. The van der Waals surface area contributed by atoms with E-state index in [9.17, 15) is 4.79 Å². The summed E-state index contributed by atoms with van der Waals surface area (Å²) in [5.74, 6) is 0.763. The third-order valence-corrected chi connectivity index (χ3v) is 4.40. The second kappa shape index (κ2) is 5.53. The molecule has 7 nitrogen and oxygen atoms in total. The first-order valence-corrected chi connectivity index (χ1v) is 7.64. The number of rotatable bonds is 4. The topological polar surface area (TPSA) is 90.1 Å². The van der Waals surface area contributed by atoms with Gasteiger partial charge in [0.25, 0.3) is 5.89 Å². The lowest BCUT2D eigenvalue weighted by atomic mass is 10.0. The molecule has 0 aliphatic heterocycles. The van der Waals surface area contributed by atoms with Gasteiger partial charge in [0, 0.05) is 19.4 Å². The molecule has 0 unspecified atom stereocenters. The van der Waals surface area contributed by atoms with Crippen LogP contribution in [0, 0.1) is 0 Å². The van der Waals surface area contributed by atoms with Crippen molar-refractivity contribution in [3.05, 3.63) is 11.2 Å². The molecule has 1 aliphatic carbocycles. The van der Waals surface area contributed by atoms with Gasteiger partial charge in [0.2, 0.25) is 11.7 Å². The lowest BCUT2D eigenvalue weighted by Crippen LogP contribution is -2.25. The van der Waals surface area contributed by atoms with Gasteiger partial charge in [0.05, 0.1) is 0 Å². The third-order valence-electron chi connectivity index (χ3n) is 3.64. The van der Waals surface area contributed by atoms with Crippen LogP contribution in [0.1, 0.15) is 38.4 Å². The molecule has 1 fully saturated rings. The molecule has 1 aliphatic rings. The molecule has 0 atom stereocenters. The molecule has 1 N–H and O–H groups in total. The van der Waals surface area contributed by atoms with Gasteiger partial charge < -0.3 is 14.6 Å². The summed E-state index contributed by atoms with van der Waals surface area (Å²) in [7, 11) is 1.68. The van der Waals surface area contributed by atoms with Crippen molar-refractivity contribution >= 4 is 22.4 Å². The van der Waals surface area contributed by atoms with Gasteiger partial charge in [0.1, 0.15) is 11.3 Å². The molecule has 2 aromatic rings. The highest BCUT2D eigenvalue weighted by molar-refractivity contribution is 7.14. The zero-order valence-corrected chi connectivity index (χ0v) is 12.7. The average molecular weight is 308 g/mol. The minimum Gasteiger partial charge on any atom is -0.370 e. The van der Waals surface area contributed by atoms with Crippen LogP contribution in [0.25, 0.3) is 11.6 Å². The molecule has 0 spiro atoms. The molecule has 1 amide bonds. The first kappa shape index (κ1) is 14.2. The van der Waals surface area contributed by atoms with Gasteiger partial charge >= 0.3 is 0 Å². The van der Waals surface area contributed by atoms with E-state index in [2.05, 4.69) is 20.4 Å². The predicted molar refractivity (Wildman–Crippen MR) is 76.9 cm³/mol. The zero-order chi connectivity index (χ0) is 14.9. The lowest BCUT2D eigenvalue weighted by molar-refractivity contribution is -0.114. The maximum atomic E-state index is 11.0. The first-order valence-electron chi connectivity index (χ1n) is 6.76. The number of hydrogen-bond donors (Lipinski definition) is 1. The van der Waals surface area contributed by atoms with E-state index >= 15 is 0 Å². The Balaban J connectivity index is 1.84. The highest BCUT2D eigenvalue weighted by atomic mass is 32.1. The summed E-state index contributed by atoms with van der Waals surface area (Å²) in [5.41, 5.74) is 0.129. The van der Waals surface area contributed by atoms with Gasteiger partial charge in [-0.3, -0.25) is 4.79 Å². The van der Waals surface area contributed by atoms with E-state index in [1.54, 1.807) is 12.5 Å². The van der Waals surface area contributed by atoms with E-state index in [1.807, 2.05) is 0 Å². The molecule has 21 heavy (non-hydrogen) atoms. The normalized spacial score (nSPS) is 17.0. The summed E-state index contributed by atoms with van der Waals surface area (Å²) in [4.78, 5) is 19.7. The Bertz CT molecular complexity index is 645. The van der Waals surface area contributed by atoms with Crippen LogP contribution < -0.4 is 5.32 Å². The summed E-state index contributed by atoms with van der Waals surface area (Å²) in [6, 6.07) is 0. The largest absolute Gasteiger partial charge is 0.370 e. The van der Waals surface area contributed by atoms with Crippen LogP contribution in [0.2, 0.25) is 0 Å². The fraction of sp³-hybridized carbons (Fsp3) is 0.538. The number of ether oxygens (including phenoxy) is 1. The van der Waals surface area contributed by atoms with Crippen molar-refractivity contribution in [2.24, 2.45) is 0 Å². The molecule has 2 heterocycles. The Morgan fingerprint density at radius 1 is 1.43 bits per heavy atom. The Labute approximate surface area is 125 Å². The van der Waals surface area contributed by atoms with Crippen molar-refractivity contribution in [3.63, 3.8) is 0 Å². The fourth-order valence-corrected chi connectivity index (χ4v) is 3.29. The average Bonchev–Trinajstić information content (AvgIpc) is 3.18. The van der Waals surface area contributed by atoms with Crippen molar-refractivity contribution in [1.82, 2.24) is 15.1 Å². The van der Waals surface area contributed by atoms with E-state index in [-0.39, 0.29) is 5.91 Å². The Morgan fingerprint density at radius 2 is 2.19 bits per heavy atom. The third kappa shape index (κ3) is 2.68. The number of carbonyl (C=O) groups excluding carboxylic acids is 1. The van der Waals surface area contributed by atoms with Crippen LogP contribution >= 0.6 is 11.3 Å². The summed E-state index contributed by atoms with van der Waals surface area (Å²) < 4.78 is 10.9. The Hall–Kier alpha value is -1.80. The van der Waals surface area contributed by atoms with E-state index in [0.29, 0.717) is 22.5 Å². The molecule has 0 saturated heterocycles. The standard InChI is InChI=1S/C13H16N4O3S/c1-8(18)14-12-15-9(7-21-12)10-16-11(17-20-10)13(19-2)5-3-4-6-13/h7H,3-6H2,1-2H3,(H,14,15,18). The van der Waals surface area contributed by atoms with E-state index < -0.39 is 5.60 Å². The van der Waals surface area contributed by atoms with Crippen LogP contribution in [0.5, 0.6) is 0 Å². The molecule has 0 aromatic carbocycles. The Morgan fingerprint density at radius 3 is 2.86 bits per heavy atom. The molecule has 8 heteroatoms. The fourth-order valence-electron chi connectivity index (χ4n) is 2.56. The van der Waals surface area contributed by atoms with Crippen molar-refractivity contribution in [3.8, 4) is 11.6 Å². The van der Waals surface area contributed by atoms with Gasteiger partial charge in [-0.1, -0.05) is 5.16 Å². The van der Waals surface area contributed by atoms with E-state index in [1.165, 1.54) is 18.3 Å². The molecule has 112 valence electrons. The van der Waals surface area contributed by atoms with Crippen LogP contribution in [0.15, 0.2) is 9.90 Å². The molecule has 0 bridgehead atoms. The number of nitrogens with zero attached hydrogens (tertiary/aromatic N) is 3. The molecule has 2 aromatic heterocycles. The summed E-state index contributed by atoms with van der Waals surface area (Å²) >= 11 is 1.32. The smallest absolute Gasteiger partial charge is 0.277 e. The van der Waals surface area contributed by atoms with Crippen molar-refractivity contribution in [1.29, 1.82) is 0 Å². The monoisotopic (exact) mass is 308 g/mol. The second-order valence-corrected chi connectivity index (χ2v) is 5.91. The van der Waals surface area contributed by atoms with E-state index in [4.69, 9.17) is 9.26 Å². The quantitative estimate of drug-likeness (QED) is 0.933. The van der Waals surface area contributed by atoms with Gasteiger partial charge in [-0.25, -0.2) is 4.98 Å². The second-order valence-electron chi connectivity index (χ2n) is 5.05. The molecule has 0 radical (unpaired) electrons. The zero-order valence-electron chi connectivity index (χ0n) is 11.9. The van der Waals surface area contributed by atoms with Crippen molar-refractivity contribution in [2.45, 2.75) is 38.2 Å². The van der Waals surface area contributed by atoms with Gasteiger partial charge in [0.15, 0.2) is 5.13 Å². The number of hydrogen-bond acceptors (Lipinski definition) is 7. The van der Waals surface area contributed by atoms with Gasteiger partial charge in [-0.2, -0.15) is 4.98 Å². The molecule has 1 saturated carbocycles. The maximum Gasteiger partial charge on any atom is 0.277 e. The SMILES string of the molecule is COC1(c2noc(-c3csc(NC(C)=O)n3)n2)CCCC1. The number of amides is 1. The van der Waals surface area contributed by atoms with Crippen molar-refractivity contribution in [2.75, 3.05) is 12.4 Å². The number of nitrogens with one attached hydrogen (secondary N) is 1. The van der Waals surface area contributed by atoms with Gasteiger partial charge in [-0.05, 0) is 25.7 Å². The van der Waals surface area contributed by atoms with Crippen LogP contribution in [-0.2, 0) is 15.1 Å². The molecular weight excluding hydrogens is 292 g/mol. The highest BCUT2D eigenvalue weighted by Crippen LogP contribution is 2.40. The van der Waals surface area contributed by atoms with Crippen LogP contribution in [0.4, 0.5) is 5.13 Å². The highest BCUT2D eigenvalue weighted by Gasteiger charge is 2.40. The minimum atomic E-state index is -0.432. The number of carbonyl (C=O) groups is 1. The van der Waals surface area contributed by atoms with E-state index in [0.717, 1.165) is 25.7 Å². The number of thiazole rings is 1.